The monoisotopic (exact) mass is 477 g/mol. The smallest absolute Gasteiger partial charge is 0.300 e. The Hall–Kier alpha value is -1.77. The Kier molecular flexibility index (Phi) is 6.06. The van der Waals surface area contributed by atoms with Crippen LogP contribution in [0.1, 0.15) is 59.8 Å². The molecule has 0 radical (unpaired) electrons. The molecule has 6 rings (SSSR count). The maximum atomic E-state index is 13.0. The summed E-state index contributed by atoms with van der Waals surface area (Å²) in [7, 11) is 0. The summed E-state index contributed by atoms with van der Waals surface area (Å²) in [5.74, 6) is -0.506. The van der Waals surface area contributed by atoms with Crippen molar-refractivity contribution < 1.29 is 34.8 Å². The minimum absolute atomic E-state index is 0.130. The third kappa shape index (κ3) is 3.04. The van der Waals surface area contributed by atoms with Crippen LogP contribution in [0.3, 0.4) is 0 Å². The lowest BCUT2D eigenvalue weighted by molar-refractivity contribution is -0.211. The molecule has 3 unspecified atom stereocenters. The first-order chi connectivity index (χ1) is 15.8. The number of nitrogens with zero attached hydrogens (tertiary/aromatic N) is 1. The van der Waals surface area contributed by atoms with Crippen molar-refractivity contribution in [2.75, 3.05) is 13.1 Å². The van der Waals surface area contributed by atoms with Crippen LogP contribution in [0.15, 0.2) is 12.2 Å². The summed E-state index contributed by atoms with van der Waals surface area (Å²) in [6.07, 6.45) is 3.50. The maximum Gasteiger partial charge on any atom is 0.300 e. The van der Waals surface area contributed by atoms with Crippen molar-refractivity contribution in [1.29, 1.82) is 0 Å². The quantitative estimate of drug-likeness (QED) is 0.422. The molecule has 0 amide bonds. The van der Waals surface area contributed by atoms with Gasteiger partial charge in [0.1, 0.15) is 5.78 Å². The lowest BCUT2D eigenvalue weighted by Crippen LogP contribution is -2.68. The normalized spacial score (nSPS) is 49.4. The summed E-state index contributed by atoms with van der Waals surface area (Å²) in [4.78, 5) is 33.6. The van der Waals surface area contributed by atoms with Gasteiger partial charge in [0.15, 0.2) is 0 Å². The van der Waals surface area contributed by atoms with E-state index in [1.54, 1.807) is 0 Å². The number of hydrogen-bond donors (Lipinski definition) is 4. The third-order valence-electron chi connectivity index (χ3n) is 10.4. The zero-order chi connectivity index (χ0) is 25.4. The van der Waals surface area contributed by atoms with Crippen LogP contribution in [0.4, 0.5) is 0 Å². The van der Waals surface area contributed by atoms with Gasteiger partial charge in [-0.2, -0.15) is 0 Å². The number of carboxylic acids is 2. The molecule has 10 atom stereocenters. The van der Waals surface area contributed by atoms with Crippen LogP contribution in [0.2, 0.25) is 0 Å². The summed E-state index contributed by atoms with van der Waals surface area (Å²) in [5, 5.41) is 37.6. The summed E-state index contributed by atoms with van der Waals surface area (Å²) < 4.78 is 0. The lowest BCUT2D eigenvalue weighted by atomic mass is 9.43. The molecule has 6 aliphatic rings. The predicted molar refractivity (Wildman–Crippen MR) is 124 cm³/mol. The highest BCUT2D eigenvalue weighted by atomic mass is 16.4. The lowest BCUT2D eigenvalue weighted by Gasteiger charge is -2.65. The van der Waals surface area contributed by atoms with Crippen LogP contribution >= 0.6 is 0 Å². The van der Waals surface area contributed by atoms with E-state index in [2.05, 4.69) is 25.3 Å². The molecular weight excluding hydrogens is 438 g/mol. The summed E-state index contributed by atoms with van der Waals surface area (Å²) in [6, 6.07) is 0.331. The Morgan fingerprint density at radius 1 is 1.15 bits per heavy atom. The molecule has 8 heteroatoms. The minimum Gasteiger partial charge on any atom is -0.481 e. The van der Waals surface area contributed by atoms with E-state index in [-0.39, 0.29) is 40.0 Å². The standard InChI is InChI=1S/C22H31NO3.2C2H4O2/c1-4-23-10-20(3)6-5-17(25)22-15(20)7-13(18(22)23)21-9-12(11(2)19(21)26)14(24)8-16(21)22;2*1-2(3)4/h12-13,15-19,25-26H,2,4-10H2,1,3H3;2*1H3,(H,3,4)/t12-,13-,15?,16?,17+,18+,19-,20+,21+,22?;;/m1../s1. The maximum absolute atomic E-state index is 13.0. The van der Waals surface area contributed by atoms with Gasteiger partial charge in [0.2, 0.25) is 0 Å². The van der Waals surface area contributed by atoms with Crippen LogP contribution in [0.25, 0.3) is 0 Å². The topological polar surface area (TPSA) is 135 Å². The number of hydrogen-bond acceptors (Lipinski definition) is 6. The number of carbonyl (C=O) groups is 3. The second-order valence-corrected chi connectivity index (χ2v) is 11.7. The van der Waals surface area contributed by atoms with Crippen molar-refractivity contribution in [2.24, 2.45) is 39.9 Å². The second-order valence-electron chi connectivity index (χ2n) is 11.7. The number of aliphatic hydroxyl groups is 2. The van der Waals surface area contributed by atoms with Crippen LogP contribution in [-0.4, -0.2) is 74.4 Å². The minimum atomic E-state index is -0.833. The number of ketones is 1. The van der Waals surface area contributed by atoms with E-state index in [0.717, 1.165) is 58.2 Å². The van der Waals surface area contributed by atoms with Crippen molar-refractivity contribution in [3.63, 3.8) is 0 Å². The van der Waals surface area contributed by atoms with Gasteiger partial charge in [-0.05, 0) is 61.0 Å². The fourth-order valence-electron chi connectivity index (χ4n) is 9.75. The van der Waals surface area contributed by atoms with Gasteiger partial charge in [-0.25, -0.2) is 0 Å². The van der Waals surface area contributed by atoms with Crippen LogP contribution in [-0.2, 0) is 14.4 Å². The van der Waals surface area contributed by atoms with Gasteiger partial charge in [0, 0.05) is 49.6 Å². The third-order valence-corrected chi connectivity index (χ3v) is 10.4. The Labute approximate surface area is 201 Å². The first-order valence-corrected chi connectivity index (χ1v) is 12.5. The summed E-state index contributed by atoms with van der Waals surface area (Å²) >= 11 is 0. The molecule has 1 heterocycles. The van der Waals surface area contributed by atoms with Crippen molar-refractivity contribution >= 4 is 17.7 Å². The number of aliphatic carboxylic acids is 2. The van der Waals surface area contributed by atoms with E-state index in [1.807, 2.05) is 0 Å². The Balaban J connectivity index is 0.000000302. The highest BCUT2D eigenvalue weighted by Crippen LogP contribution is 2.83. The summed E-state index contributed by atoms with van der Waals surface area (Å²) in [6.45, 7) is 13.1. The summed E-state index contributed by atoms with van der Waals surface area (Å²) in [5.41, 5.74) is 0.598. The molecule has 6 fully saturated rings. The molecule has 0 aromatic heterocycles. The molecule has 2 spiro atoms. The number of rotatable bonds is 1. The van der Waals surface area contributed by atoms with Crippen molar-refractivity contribution in [2.45, 2.75) is 78.0 Å². The number of likely N-dealkylation sites (tertiary alicyclic amines) is 1. The molecule has 1 saturated heterocycles. The molecule has 34 heavy (non-hydrogen) atoms. The zero-order valence-electron chi connectivity index (χ0n) is 20.7. The molecule has 0 aromatic rings. The van der Waals surface area contributed by atoms with Gasteiger partial charge in [-0.15, -0.1) is 0 Å². The fourth-order valence-corrected chi connectivity index (χ4v) is 9.75. The number of aliphatic hydroxyl groups excluding tert-OH is 2. The van der Waals surface area contributed by atoms with E-state index >= 15 is 0 Å². The van der Waals surface area contributed by atoms with Gasteiger partial charge >= 0.3 is 0 Å². The number of Topliss-reactive ketones (excluding diaryl/α,β-unsaturated/α-hetero) is 1. The second kappa shape index (κ2) is 8.14. The first-order valence-electron chi connectivity index (χ1n) is 12.5. The first kappa shape index (κ1) is 25.3. The average Bonchev–Trinajstić information content (AvgIpc) is 3.25. The van der Waals surface area contributed by atoms with Crippen molar-refractivity contribution in [1.82, 2.24) is 4.90 Å². The fraction of sp³-hybridized carbons (Fsp3) is 0.808. The Morgan fingerprint density at radius 3 is 2.29 bits per heavy atom. The molecule has 7 bridgehead atoms. The SMILES string of the molecule is C=C1[C@H]2C[C@]3(C(CC2=O)C24C5C[C@@H]3[C@@H]2N(CC)C[C@]5(C)CC[C@@H]4O)[C@@H]1O.CC(=O)O.CC(=O)O. The number of carboxylic acid groups (broad SMARTS) is 2. The van der Waals surface area contributed by atoms with Gasteiger partial charge in [0.25, 0.3) is 11.9 Å². The number of carbonyl (C=O) groups excluding carboxylic acids is 1. The molecule has 5 saturated carbocycles. The van der Waals surface area contributed by atoms with Crippen molar-refractivity contribution in [3.8, 4) is 0 Å². The van der Waals surface area contributed by atoms with E-state index in [1.165, 1.54) is 0 Å². The van der Waals surface area contributed by atoms with Crippen LogP contribution in [0.5, 0.6) is 0 Å². The van der Waals surface area contributed by atoms with Crippen molar-refractivity contribution in [3.05, 3.63) is 12.2 Å². The van der Waals surface area contributed by atoms with E-state index < -0.39 is 18.0 Å². The molecule has 5 aliphatic carbocycles. The van der Waals surface area contributed by atoms with Gasteiger partial charge in [0.05, 0.1) is 12.2 Å². The Bertz CT molecular complexity index is 899. The highest BCUT2D eigenvalue weighted by Gasteiger charge is 2.85. The van der Waals surface area contributed by atoms with Crippen LogP contribution < -0.4 is 0 Å². The average molecular weight is 478 g/mol. The van der Waals surface area contributed by atoms with Gasteiger partial charge in [-0.1, -0.05) is 20.4 Å². The predicted octanol–water partition coefficient (Wildman–Crippen LogP) is 2.18. The molecule has 4 N–H and O–H groups in total. The van der Waals surface area contributed by atoms with E-state index in [9.17, 15) is 15.0 Å². The number of fused-ring (bicyclic) bond motifs is 1. The Morgan fingerprint density at radius 2 is 1.74 bits per heavy atom. The van der Waals surface area contributed by atoms with Gasteiger partial charge < -0.3 is 20.4 Å². The van der Waals surface area contributed by atoms with Gasteiger partial charge in [-0.3, -0.25) is 19.3 Å². The van der Waals surface area contributed by atoms with Crippen LogP contribution in [0, 0.1) is 39.9 Å². The largest absolute Gasteiger partial charge is 0.481 e. The van der Waals surface area contributed by atoms with E-state index in [0.29, 0.717) is 24.3 Å². The molecule has 0 aromatic carbocycles. The molecule has 8 nitrogen and oxygen atoms in total. The molecule has 190 valence electrons. The zero-order valence-corrected chi connectivity index (χ0v) is 20.7. The van der Waals surface area contributed by atoms with E-state index in [4.69, 9.17) is 19.8 Å². The molecule has 1 aliphatic heterocycles. The highest BCUT2D eigenvalue weighted by molar-refractivity contribution is 5.87. The number of piperidine rings is 1. The molecular formula is C26H39NO7.